The fourth-order valence-electron chi connectivity index (χ4n) is 3.68. The molecule has 4 rings (SSSR count). The topological polar surface area (TPSA) is 92.1 Å². The second-order valence-electron chi connectivity index (χ2n) is 7.18. The van der Waals surface area contributed by atoms with Gasteiger partial charge < -0.3 is 15.2 Å². The largest absolute Gasteiger partial charge is 0.347 e. The number of rotatable bonds is 5. The SMILES string of the molecule is O=C1CCC(C(=O)NCc2nnc3n2CCN(Cc2ccccc2Cl)CC3)N1. The summed E-state index contributed by atoms with van der Waals surface area (Å²) in [5.41, 5.74) is 1.12. The van der Waals surface area contributed by atoms with Crippen LogP contribution in [0.5, 0.6) is 0 Å². The highest BCUT2D eigenvalue weighted by Gasteiger charge is 2.27. The molecule has 1 saturated heterocycles. The van der Waals surface area contributed by atoms with Crippen molar-refractivity contribution in [3.63, 3.8) is 0 Å². The molecule has 0 saturated carbocycles. The summed E-state index contributed by atoms with van der Waals surface area (Å²) in [6, 6.07) is 7.47. The van der Waals surface area contributed by atoms with E-state index in [-0.39, 0.29) is 11.8 Å². The molecular formula is C19H23ClN6O2. The van der Waals surface area contributed by atoms with E-state index in [4.69, 9.17) is 11.6 Å². The zero-order valence-corrected chi connectivity index (χ0v) is 16.3. The number of carbonyl (C=O) groups excluding carboxylic acids is 2. The summed E-state index contributed by atoms with van der Waals surface area (Å²) < 4.78 is 2.08. The second-order valence-corrected chi connectivity index (χ2v) is 7.59. The first-order valence-electron chi connectivity index (χ1n) is 9.54. The Hall–Kier alpha value is -2.45. The number of amides is 2. The van der Waals surface area contributed by atoms with Crippen LogP contribution in [0.1, 0.15) is 30.1 Å². The smallest absolute Gasteiger partial charge is 0.242 e. The number of halogens is 1. The molecule has 3 heterocycles. The monoisotopic (exact) mass is 402 g/mol. The summed E-state index contributed by atoms with van der Waals surface area (Å²) >= 11 is 6.29. The van der Waals surface area contributed by atoms with E-state index in [2.05, 4.69) is 36.4 Å². The molecule has 2 aliphatic heterocycles. The van der Waals surface area contributed by atoms with E-state index in [9.17, 15) is 9.59 Å². The Balaban J connectivity index is 1.35. The number of hydrogen-bond acceptors (Lipinski definition) is 5. The van der Waals surface area contributed by atoms with E-state index in [0.29, 0.717) is 19.4 Å². The molecule has 2 amide bonds. The molecule has 1 atom stereocenters. The van der Waals surface area contributed by atoms with Crippen molar-refractivity contribution in [2.24, 2.45) is 0 Å². The molecule has 0 radical (unpaired) electrons. The number of aromatic nitrogens is 3. The molecule has 1 unspecified atom stereocenters. The highest BCUT2D eigenvalue weighted by atomic mass is 35.5. The van der Waals surface area contributed by atoms with Crippen LogP contribution < -0.4 is 10.6 Å². The molecule has 0 bridgehead atoms. The number of nitrogens with one attached hydrogen (secondary N) is 2. The van der Waals surface area contributed by atoms with Gasteiger partial charge in [-0.1, -0.05) is 29.8 Å². The number of carbonyl (C=O) groups is 2. The lowest BCUT2D eigenvalue weighted by Gasteiger charge is -2.20. The van der Waals surface area contributed by atoms with E-state index in [1.807, 2.05) is 18.2 Å². The Bertz CT molecular complexity index is 883. The first-order valence-corrected chi connectivity index (χ1v) is 9.92. The Kier molecular flexibility index (Phi) is 5.59. The lowest BCUT2D eigenvalue weighted by atomic mass is 10.2. The third-order valence-electron chi connectivity index (χ3n) is 5.28. The molecule has 0 aliphatic carbocycles. The molecular weight excluding hydrogens is 380 g/mol. The summed E-state index contributed by atoms with van der Waals surface area (Å²) in [4.78, 5) is 25.8. The van der Waals surface area contributed by atoms with Gasteiger partial charge in [0.05, 0.1) is 6.54 Å². The summed E-state index contributed by atoms with van der Waals surface area (Å²) in [5, 5.41) is 14.9. The Morgan fingerprint density at radius 1 is 1.21 bits per heavy atom. The fraction of sp³-hybridized carbons (Fsp3) is 0.474. The maximum absolute atomic E-state index is 12.2. The predicted octanol–water partition coefficient (Wildman–Crippen LogP) is 0.885. The highest BCUT2D eigenvalue weighted by Crippen LogP contribution is 2.19. The van der Waals surface area contributed by atoms with E-state index in [1.54, 1.807) is 0 Å². The van der Waals surface area contributed by atoms with Gasteiger partial charge in [0, 0.05) is 44.0 Å². The summed E-state index contributed by atoms with van der Waals surface area (Å²) in [6.07, 6.45) is 1.74. The maximum atomic E-state index is 12.2. The van der Waals surface area contributed by atoms with Crippen molar-refractivity contribution in [3.05, 3.63) is 46.5 Å². The first-order chi connectivity index (χ1) is 13.6. The standard InChI is InChI=1S/C19H23ClN6O2/c20-14-4-2-1-3-13(14)12-25-8-7-16-23-24-17(26(16)10-9-25)11-21-19(28)15-5-6-18(27)22-15/h1-4,15H,5-12H2,(H,21,28)(H,22,27). The quantitative estimate of drug-likeness (QED) is 0.774. The van der Waals surface area contributed by atoms with Crippen LogP contribution in [0.4, 0.5) is 0 Å². The van der Waals surface area contributed by atoms with Crippen LogP contribution in [0.15, 0.2) is 24.3 Å². The van der Waals surface area contributed by atoms with E-state index in [0.717, 1.165) is 54.8 Å². The van der Waals surface area contributed by atoms with Crippen molar-refractivity contribution < 1.29 is 9.59 Å². The predicted molar refractivity (Wildman–Crippen MR) is 103 cm³/mol. The number of fused-ring (bicyclic) bond motifs is 1. The van der Waals surface area contributed by atoms with Gasteiger partial charge in [0.2, 0.25) is 11.8 Å². The molecule has 1 aromatic carbocycles. The van der Waals surface area contributed by atoms with Crippen LogP contribution in [0.3, 0.4) is 0 Å². The van der Waals surface area contributed by atoms with Gasteiger partial charge in [-0.25, -0.2) is 0 Å². The molecule has 9 heteroatoms. The molecule has 1 fully saturated rings. The molecule has 0 spiro atoms. The summed E-state index contributed by atoms with van der Waals surface area (Å²) in [6.45, 7) is 3.60. The van der Waals surface area contributed by atoms with Gasteiger partial charge >= 0.3 is 0 Å². The summed E-state index contributed by atoms with van der Waals surface area (Å²) in [7, 11) is 0. The summed E-state index contributed by atoms with van der Waals surface area (Å²) in [5.74, 6) is 1.43. The average molecular weight is 403 g/mol. The van der Waals surface area contributed by atoms with Gasteiger partial charge in [-0.3, -0.25) is 14.5 Å². The van der Waals surface area contributed by atoms with Crippen LogP contribution >= 0.6 is 11.6 Å². The second kappa shape index (κ2) is 8.28. The van der Waals surface area contributed by atoms with E-state index >= 15 is 0 Å². The van der Waals surface area contributed by atoms with Crippen molar-refractivity contribution in [2.45, 2.75) is 44.9 Å². The van der Waals surface area contributed by atoms with Crippen LogP contribution in [0.2, 0.25) is 5.02 Å². The van der Waals surface area contributed by atoms with Gasteiger partial charge in [-0.05, 0) is 18.1 Å². The zero-order chi connectivity index (χ0) is 19.5. The molecule has 148 valence electrons. The Morgan fingerprint density at radius 3 is 2.86 bits per heavy atom. The molecule has 2 N–H and O–H groups in total. The van der Waals surface area contributed by atoms with Gasteiger partial charge in [0.25, 0.3) is 0 Å². The van der Waals surface area contributed by atoms with Crippen molar-refractivity contribution in [2.75, 3.05) is 13.1 Å². The van der Waals surface area contributed by atoms with Crippen molar-refractivity contribution in [3.8, 4) is 0 Å². The van der Waals surface area contributed by atoms with Crippen molar-refractivity contribution >= 4 is 23.4 Å². The fourth-order valence-corrected chi connectivity index (χ4v) is 3.88. The van der Waals surface area contributed by atoms with Crippen LogP contribution in [-0.4, -0.2) is 50.6 Å². The molecule has 8 nitrogen and oxygen atoms in total. The minimum atomic E-state index is -0.440. The number of hydrogen-bond donors (Lipinski definition) is 2. The normalized spacial score (nSPS) is 19.8. The van der Waals surface area contributed by atoms with Crippen LogP contribution in [0.25, 0.3) is 0 Å². The Morgan fingerprint density at radius 2 is 2.07 bits per heavy atom. The lowest BCUT2D eigenvalue weighted by molar-refractivity contribution is -0.125. The highest BCUT2D eigenvalue weighted by molar-refractivity contribution is 6.31. The number of benzene rings is 1. The third kappa shape index (κ3) is 4.18. The molecule has 1 aromatic heterocycles. The minimum Gasteiger partial charge on any atom is -0.347 e. The average Bonchev–Trinajstić information content (AvgIpc) is 3.24. The van der Waals surface area contributed by atoms with E-state index in [1.165, 1.54) is 0 Å². The Labute approximate surface area is 168 Å². The molecule has 2 aromatic rings. The maximum Gasteiger partial charge on any atom is 0.242 e. The first kappa shape index (κ1) is 18.9. The van der Waals surface area contributed by atoms with Gasteiger partial charge in [-0.2, -0.15) is 0 Å². The van der Waals surface area contributed by atoms with Crippen molar-refractivity contribution in [1.82, 2.24) is 30.3 Å². The van der Waals surface area contributed by atoms with Gasteiger partial charge in [0.1, 0.15) is 11.9 Å². The van der Waals surface area contributed by atoms with Gasteiger partial charge in [0.15, 0.2) is 5.82 Å². The molecule has 2 aliphatic rings. The lowest BCUT2D eigenvalue weighted by Crippen LogP contribution is -2.41. The van der Waals surface area contributed by atoms with Crippen LogP contribution in [0, 0.1) is 0 Å². The van der Waals surface area contributed by atoms with E-state index < -0.39 is 6.04 Å². The molecule has 28 heavy (non-hydrogen) atoms. The minimum absolute atomic E-state index is 0.0740. The van der Waals surface area contributed by atoms with Gasteiger partial charge in [-0.15, -0.1) is 10.2 Å². The van der Waals surface area contributed by atoms with Crippen molar-refractivity contribution in [1.29, 1.82) is 0 Å². The third-order valence-corrected chi connectivity index (χ3v) is 5.65. The number of nitrogens with zero attached hydrogens (tertiary/aromatic N) is 4. The van der Waals surface area contributed by atoms with Crippen LogP contribution in [-0.2, 0) is 35.6 Å². The zero-order valence-electron chi connectivity index (χ0n) is 15.5.